The van der Waals surface area contributed by atoms with Crippen LogP contribution in [0.3, 0.4) is 0 Å². The Labute approximate surface area is 127 Å². The number of nitrogens with zero attached hydrogens (tertiary/aromatic N) is 1. The SMILES string of the molecule is CCCN(CC(F)(F)F)S(=O)(=O)Cc1ccc(CCl)cc1. The minimum absolute atomic E-state index is 0.151. The topological polar surface area (TPSA) is 37.4 Å². The van der Waals surface area contributed by atoms with Gasteiger partial charge in [0.15, 0.2) is 0 Å². The molecule has 1 aromatic rings. The highest BCUT2D eigenvalue weighted by atomic mass is 35.5. The van der Waals surface area contributed by atoms with E-state index in [0.717, 1.165) is 5.56 Å². The Morgan fingerprint density at radius 2 is 1.67 bits per heavy atom. The molecule has 0 fully saturated rings. The molecule has 0 aliphatic rings. The molecule has 8 heteroatoms. The van der Waals surface area contributed by atoms with Crippen molar-refractivity contribution < 1.29 is 21.6 Å². The molecule has 0 bridgehead atoms. The Balaban J connectivity index is 2.89. The van der Waals surface area contributed by atoms with Crippen molar-refractivity contribution in [3.05, 3.63) is 35.4 Å². The summed E-state index contributed by atoms with van der Waals surface area (Å²) < 4.78 is 62.2. The molecule has 0 atom stereocenters. The summed E-state index contributed by atoms with van der Waals surface area (Å²) in [5.74, 6) is -0.158. The van der Waals surface area contributed by atoms with Gasteiger partial charge in [-0.3, -0.25) is 0 Å². The molecule has 0 heterocycles. The van der Waals surface area contributed by atoms with Crippen molar-refractivity contribution in [3.8, 4) is 0 Å². The number of halogens is 4. The molecule has 0 saturated carbocycles. The van der Waals surface area contributed by atoms with E-state index in [-0.39, 0.29) is 6.54 Å². The quantitative estimate of drug-likeness (QED) is 0.710. The van der Waals surface area contributed by atoms with Crippen molar-refractivity contribution in [1.82, 2.24) is 4.31 Å². The third-order valence-electron chi connectivity index (χ3n) is 2.75. The minimum atomic E-state index is -4.55. The van der Waals surface area contributed by atoms with Crippen LogP contribution >= 0.6 is 11.6 Å². The molecule has 1 rings (SSSR count). The van der Waals surface area contributed by atoms with E-state index in [4.69, 9.17) is 11.6 Å². The lowest BCUT2D eigenvalue weighted by Crippen LogP contribution is -2.40. The lowest BCUT2D eigenvalue weighted by molar-refractivity contribution is -0.136. The molecule has 3 nitrogen and oxygen atoms in total. The van der Waals surface area contributed by atoms with Crippen molar-refractivity contribution in [1.29, 1.82) is 0 Å². The maximum atomic E-state index is 12.5. The monoisotopic (exact) mass is 343 g/mol. The Hall–Kier alpha value is -0.790. The van der Waals surface area contributed by atoms with Gasteiger partial charge >= 0.3 is 6.18 Å². The molecule has 0 radical (unpaired) electrons. The van der Waals surface area contributed by atoms with Gasteiger partial charge < -0.3 is 0 Å². The van der Waals surface area contributed by atoms with E-state index in [1.54, 1.807) is 31.2 Å². The minimum Gasteiger partial charge on any atom is -0.212 e. The third-order valence-corrected chi connectivity index (χ3v) is 4.85. The van der Waals surface area contributed by atoms with Crippen molar-refractivity contribution >= 4 is 21.6 Å². The molecule has 1 aromatic carbocycles. The standard InChI is InChI=1S/C13H17ClF3NO2S/c1-2-7-18(10-13(15,16)17)21(19,20)9-12-5-3-11(8-14)4-6-12/h3-6H,2,7-10H2,1H3. The van der Waals surface area contributed by atoms with Gasteiger partial charge in [0.2, 0.25) is 10.0 Å². The smallest absolute Gasteiger partial charge is 0.212 e. The van der Waals surface area contributed by atoms with Crippen molar-refractivity contribution in [2.45, 2.75) is 31.2 Å². The molecule has 120 valence electrons. The van der Waals surface area contributed by atoms with Crippen LogP contribution in [0.25, 0.3) is 0 Å². The number of hydrogen-bond acceptors (Lipinski definition) is 2. The molecular weight excluding hydrogens is 327 g/mol. The predicted molar refractivity (Wildman–Crippen MR) is 76.5 cm³/mol. The van der Waals surface area contributed by atoms with Crippen molar-refractivity contribution in [3.63, 3.8) is 0 Å². The average molecular weight is 344 g/mol. The summed E-state index contributed by atoms with van der Waals surface area (Å²) in [6.07, 6.45) is -4.23. The summed E-state index contributed by atoms with van der Waals surface area (Å²) in [5.41, 5.74) is 1.26. The van der Waals surface area contributed by atoms with E-state index >= 15 is 0 Å². The molecule has 21 heavy (non-hydrogen) atoms. The van der Waals surface area contributed by atoms with Crippen LogP contribution in [0.1, 0.15) is 24.5 Å². The second-order valence-electron chi connectivity index (χ2n) is 4.66. The number of sulfonamides is 1. The summed E-state index contributed by atoms with van der Waals surface area (Å²) >= 11 is 5.63. The first-order valence-electron chi connectivity index (χ1n) is 6.36. The maximum absolute atomic E-state index is 12.5. The Bertz CT molecular complexity index is 544. The fourth-order valence-corrected chi connectivity index (χ4v) is 3.57. The van der Waals surface area contributed by atoms with Crippen LogP contribution in [-0.2, 0) is 21.7 Å². The van der Waals surface area contributed by atoms with Gasteiger partial charge in [-0.2, -0.15) is 17.5 Å². The summed E-state index contributed by atoms with van der Waals surface area (Å²) in [6, 6.07) is 6.44. The van der Waals surface area contributed by atoms with Gasteiger partial charge in [0, 0.05) is 12.4 Å². The van der Waals surface area contributed by atoms with E-state index in [1.807, 2.05) is 0 Å². The number of rotatable bonds is 7. The van der Waals surface area contributed by atoms with Crippen LogP contribution in [-0.4, -0.2) is 32.0 Å². The molecule has 0 aromatic heterocycles. The molecule has 0 spiro atoms. The van der Waals surface area contributed by atoms with Gasteiger partial charge in [0.05, 0.1) is 5.75 Å². The summed E-state index contributed by atoms with van der Waals surface area (Å²) in [7, 11) is -4.01. The van der Waals surface area contributed by atoms with E-state index in [1.165, 1.54) is 0 Å². The Morgan fingerprint density at radius 1 is 1.14 bits per heavy atom. The second-order valence-corrected chi connectivity index (χ2v) is 6.89. The predicted octanol–water partition coefficient (Wildman–Crippen LogP) is 3.53. The molecule has 0 aliphatic heterocycles. The molecule has 0 amide bonds. The van der Waals surface area contributed by atoms with E-state index < -0.39 is 28.5 Å². The highest BCUT2D eigenvalue weighted by molar-refractivity contribution is 7.88. The summed E-state index contributed by atoms with van der Waals surface area (Å²) in [4.78, 5) is 0. The first-order chi connectivity index (χ1) is 9.68. The zero-order valence-corrected chi connectivity index (χ0v) is 13.1. The summed E-state index contributed by atoms with van der Waals surface area (Å²) in [6.45, 7) is 0.0265. The van der Waals surface area contributed by atoms with Crippen LogP contribution in [0.2, 0.25) is 0 Å². The van der Waals surface area contributed by atoms with Crippen LogP contribution < -0.4 is 0 Å². The molecular formula is C13H17ClF3NO2S. The zero-order chi connectivity index (χ0) is 16.1. The maximum Gasteiger partial charge on any atom is 0.402 e. The van der Waals surface area contributed by atoms with Gasteiger partial charge in [0.1, 0.15) is 6.54 Å². The molecule has 0 saturated heterocycles. The number of hydrogen-bond donors (Lipinski definition) is 0. The van der Waals surface area contributed by atoms with Crippen molar-refractivity contribution in [2.75, 3.05) is 13.1 Å². The van der Waals surface area contributed by atoms with Gasteiger partial charge in [-0.05, 0) is 17.5 Å². The fourth-order valence-electron chi connectivity index (χ4n) is 1.79. The molecule has 0 aliphatic carbocycles. The van der Waals surface area contributed by atoms with Gasteiger partial charge in [-0.1, -0.05) is 31.2 Å². The summed E-state index contributed by atoms with van der Waals surface area (Å²) in [5, 5.41) is 0. The molecule has 0 unspecified atom stereocenters. The Morgan fingerprint density at radius 3 is 2.10 bits per heavy atom. The second kappa shape index (κ2) is 7.47. The van der Waals surface area contributed by atoms with E-state index in [2.05, 4.69) is 0 Å². The van der Waals surface area contributed by atoms with Crippen LogP contribution in [0.4, 0.5) is 13.2 Å². The third kappa shape index (κ3) is 6.23. The van der Waals surface area contributed by atoms with Gasteiger partial charge in [0.25, 0.3) is 0 Å². The fraction of sp³-hybridized carbons (Fsp3) is 0.538. The first kappa shape index (κ1) is 18.3. The zero-order valence-electron chi connectivity index (χ0n) is 11.5. The van der Waals surface area contributed by atoms with E-state index in [0.29, 0.717) is 22.2 Å². The van der Waals surface area contributed by atoms with Crippen LogP contribution in [0, 0.1) is 0 Å². The van der Waals surface area contributed by atoms with Crippen LogP contribution in [0.5, 0.6) is 0 Å². The highest BCUT2D eigenvalue weighted by Crippen LogP contribution is 2.21. The van der Waals surface area contributed by atoms with E-state index in [9.17, 15) is 21.6 Å². The average Bonchev–Trinajstić information content (AvgIpc) is 2.37. The van der Waals surface area contributed by atoms with Crippen molar-refractivity contribution in [2.24, 2.45) is 0 Å². The first-order valence-corrected chi connectivity index (χ1v) is 8.50. The van der Waals surface area contributed by atoms with Gasteiger partial charge in [-0.15, -0.1) is 11.6 Å². The van der Waals surface area contributed by atoms with Crippen LogP contribution in [0.15, 0.2) is 24.3 Å². The highest BCUT2D eigenvalue weighted by Gasteiger charge is 2.35. The number of benzene rings is 1. The normalized spacial score (nSPS) is 12.9. The number of alkyl halides is 4. The Kier molecular flexibility index (Phi) is 6.49. The van der Waals surface area contributed by atoms with Gasteiger partial charge in [-0.25, -0.2) is 8.42 Å². The molecule has 0 N–H and O–H groups in total. The lowest BCUT2D eigenvalue weighted by Gasteiger charge is -2.22. The lowest BCUT2D eigenvalue weighted by atomic mass is 10.2. The largest absolute Gasteiger partial charge is 0.402 e.